The summed E-state index contributed by atoms with van der Waals surface area (Å²) < 4.78 is 0. The van der Waals surface area contributed by atoms with Gasteiger partial charge in [-0.25, -0.2) is 0 Å². The van der Waals surface area contributed by atoms with Crippen LogP contribution >= 0.6 is 0 Å². The van der Waals surface area contributed by atoms with E-state index in [-0.39, 0.29) is 0 Å². The summed E-state index contributed by atoms with van der Waals surface area (Å²) in [6.07, 6.45) is 19.6. The molecule has 0 N–H and O–H groups in total. The van der Waals surface area contributed by atoms with Crippen molar-refractivity contribution in [3.8, 4) is 0 Å². The highest BCUT2D eigenvalue weighted by atomic mass is 15.1. The number of hydrogen-bond acceptors (Lipinski definition) is 1. The van der Waals surface area contributed by atoms with Crippen molar-refractivity contribution >= 4 is 0 Å². The minimum Gasteiger partial charge on any atom is -0.306 e. The molecule has 0 saturated carbocycles. The molecular formula is C24H43N. The summed E-state index contributed by atoms with van der Waals surface area (Å²) in [5.74, 6) is 0. The third kappa shape index (κ3) is 14.1. The Balaban J connectivity index is 1.77. The van der Waals surface area contributed by atoms with Crippen molar-refractivity contribution in [1.29, 1.82) is 0 Å². The van der Waals surface area contributed by atoms with Crippen molar-refractivity contribution < 1.29 is 0 Å². The normalized spacial score (nSPS) is 11.3. The zero-order valence-corrected chi connectivity index (χ0v) is 17.1. The molecule has 0 aliphatic rings. The minimum absolute atomic E-state index is 1.26. The Kier molecular flexibility index (Phi) is 14.8. The number of hydrogen-bond donors (Lipinski definition) is 0. The SMILES string of the molecule is CCCCCCN(C)CCCCCCCCCCCc1ccccc1. The Morgan fingerprint density at radius 2 is 1.08 bits per heavy atom. The van der Waals surface area contributed by atoms with Gasteiger partial charge in [-0.1, -0.05) is 101 Å². The molecule has 1 rings (SSSR count). The second-order valence-corrected chi connectivity index (χ2v) is 7.78. The Morgan fingerprint density at radius 3 is 1.64 bits per heavy atom. The molecule has 0 fully saturated rings. The number of aryl methyl sites for hydroxylation is 1. The first-order chi connectivity index (χ1) is 12.3. The fraction of sp³-hybridized carbons (Fsp3) is 0.750. The van der Waals surface area contributed by atoms with Crippen molar-refractivity contribution in [1.82, 2.24) is 4.90 Å². The highest BCUT2D eigenvalue weighted by Crippen LogP contribution is 2.12. The molecule has 1 aromatic carbocycles. The summed E-state index contributed by atoms with van der Waals surface area (Å²) >= 11 is 0. The van der Waals surface area contributed by atoms with Crippen LogP contribution in [-0.4, -0.2) is 25.0 Å². The first-order valence-corrected chi connectivity index (χ1v) is 11.1. The quantitative estimate of drug-likeness (QED) is 0.269. The second kappa shape index (κ2) is 16.6. The maximum absolute atomic E-state index is 2.53. The number of nitrogens with zero attached hydrogens (tertiary/aromatic N) is 1. The molecule has 0 atom stereocenters. The summed E-state index contributed by atoms with van der Waals surface area (Å²) in [5, 5.41) is 0. The molecule has 0 bridgehead atoms. The van der Waals surface area contributed by atoms with Crippen LogP contribution in [0.4, 0.5) is 0 Å². The molecule has 0 radical (unpaired) electrons. The minimum atomic E-state index is 1.26. The van der Waals surface area contributed by atoms with E-state index in [4.69, 9.17) is 0 Å². The van der Waals surface area contributed by atoms with Gasteiger partial charge >= 0.3 is 0 Å². The Morgan fingerprint density at radius 1 is 0.600 bits per heavy atom. The summed E-state index contributed by atoms with van der Waals surface area (Å²) in [7, 11) is 2.29. The van der Waals surface area contributed by atoms with Crippen LogP contribution < -0.4 is 0 Å². The van der Waals surface area contributed by atoms with Gasteiger partial charge < -0.3 is 4.90 Å². The molecule has 0 aromatic heterocycles. The third-order valence-corrected chi connectivity index (χ3v) is 5.24. The lowest BCUT2D eigenvalue weighted by Gasteiger charge is -2.16. The van der Waals surface area contributed by atoms with Crippen molar-refractivity contribution in [2.45, 2.75) is 96.8 Å². The zero-order chi connectivity index (χ0) is 18.0. The second-order valence-electron chi connectivity index (χ2n) is 7.78. The fourth-order valence-electron chi connectivity index (χ4n) is 3.51. The van der Waals surface area contributed by atoms with E-state index in [9.17, 15) is 0 Å². The van der Waals surface area contributed by atoms with Gasteiger partial charge in [-0.2, -0.15) is 0 Å². The topological polar surface area (TPSA) is 3.24 Å². The molecule has 0 aliphatic heterocycles. The monoisotopic (exact) mass is 345 g/mol. The maximum atomic E-state index is 2.53. The highest BCUT2D eigenvalue weighted by molar-refractivity contribution is 5.14. The molecule has 0 heterocycles. The molecule has 0 aliphatic carbocycles. The Hall–Kier alpha value is -0.820. The van der Waals surface area contributed by atoms with Gasteiger partial charge in [-0.3, -0.25) is 0 Å². The molecule has 0 amide bonds. The maximum Gasteiger partial charge on any atom is -0.00218 e. The van der Waals surface area contributed by atoms with Crippen molar-refractivity contribution in [3.63, 3.8) is 0 Å². The van der Waals surface area contributed by atoms with Crippen LogP contribution in [0.25, 0.3) is 0 Å². The van der Waals surface area contributed by atoms with E-state index < -0.39 is 0 Å². The molecule has 1 nitrogen and oxygen atoms in total. The lowest BCUT2D eigenvalue weighted by atomic mass is 10.0. The summed E-state index contributed by atoms with van der Waals surface area (Å²) in [6, 6.07) is 10.9. The lowest BCUT2D eigenvalue weighted by molar-refractivity contribution is 0.314. The van der Waals surface area contributed by atoms with E-state index in [1.54, 1.807) is 0 Å². The van der Waals surface area contributed by atoms with E-state index in [0.717, 1.165) is 0 Å². The molecule has 1 aromatic rings. The molecule has 0 unspecified atom stereocenters. The van der Waals surface area contributed by atoms with Gasteiger partial charge in [0.1, 0.15) is 0 Å². The van der Waals surface area contributed by atoms with E-state index in [1.807, 2.05) is 0 Å². The van der Waals surface area contributed by atoms with Crippen LogP contribution in [0.15, 0.2) is 30.3 Å². The molecule has 25 heavy (non-hydrogen) atoms. The predicted octanol–water partition coefficient (Wildman–Crippen LogP) is 7.25. The van der Waals surface area contributed by atoms with E-state index >= 15 is 0 Å². The number of rotatable bonds is 17. The van der Waals surface area contributed by atoms with Crippen LogP contribution in [0, 0.1) is 0 Å². The molecular weight excluding hydrogens is 302 g/mol. The van der Waals surface area contributed by atoms with Crippen LogP contribution in [0.2, 0.25) is 0 Å². The highest BCUT2D eigenvalue weighted by Gasteiger charge is 1.98. The average Bonchev–Trinajstić information content (AvgIpc) is 2.64. The average molecular weight is 346 g/mol. The van der Waals surface area contributed by atoms with Gasteiger partial charge in [0.05, 0.1) is 0 Å². The molecule has 144 valence electrons. The van der Waals surface area contributed by atoms with Crippen LogP contribution in [0.1, 0.15) is 96.0 Å². The van der Waals surface area contributed by atoms with Gasteiger partial charge in [0.2, 0.25) is 0 Å². The molecule has 1 heteroatoms. The number of benzene rings is 1. The smallest absolute Gasteiger partial charge is 0.00218 e. The van der Waals surface area contributed by atoms with Gasteiger partial charge in [0.15, 0.2) is 0 Å². The Labute approximate surface area is 158 Å². The first kappa shape index (κ1) is 22.2. The van der Waals surface area contributed by atoms with Crippen LogP contribution in [-0.2, 0) is 6.42 Å². The number of unbranched alkanes of at least 4 members (excludes halogenated alkanes) is 11. The van der Waals surface area contributed by atoms with Crippen molar-refractivity contribution in [3.05, 3.63) is 35.9 Å². The third-order valence-electron chi connectivity index (χ3n) is 5.24. The van der Waals surface area contributed by atoms with Crippen molar-refractivity contribution in [2.75, 3.05) is 20.1 Å². The van der Waals surface area contributed by atoms with Crippen LogP contribution in [0.3, 0.4) is 0 Å². The zero-order valence-electron chi connectivity index (χ0n) is 17.1. The predicted molar refractivity (Wildman–Crippen MR) is 113 cm³/mol. The van der Waals surface area contributed by atoms with E-state index in [2.05, 4.69) is 49.2 Å². The van der Waals surface area contributed by atoms with Gasteiger partial charge in [-0.15, -0.1) is 0 Å². The summed E-state index contributed by atoms with van der Waals surface area (Å²) in [5.41, 5.74) is 1.50. The fourth-order valence-corrected chi connectivity index (χ4v) is 3.51. The van der Waals surface area contributed by atoms with Gasteiger partial charge in [0, 0.05) is 0 Å². The van der Waals surface area contributed by atoms with Gasteiger partial charge in [0.25, 0.3) is 0 Å². The first-order valence-electron chi connectivity index (χ1n) is 11.1. The van der Waals surface area contributed by atoms with E-state index in [1.165, 1.54) is 109 Å². The summed E-state index contributed by atoms with van der Waals surface area (Å²) in [6.45, 7) is 4.88. The Bertz CT molecular complexity index is 373. The summed E-state index contributed by atoms with van der Waals surface area (Å²) in [4.78, 5) is 2.53. The van der Waals surface area contributed by atoms with Crippen LogP contribution in [0.5, 0.6) is 0 Å². The lowest BCUT2D eigenvalue weighted by Crippen LogP contribution is -2.20. The molecule has 0 spiro atoms. The standard InChI is InChI=1S/C24H43N/c1-3-4-5-17-22-25(2)23-18-12-10-8-6-7-9-11-14-19-24-20-15-13-16-21-24/h13,15-16,20-21H,3-12,14,17-19,22-23H2,1-2H3. The molecule has 0 saturated heterocycles. The van der Waals surface area contributed by atoms with Gasteiger partial charge in [-0.05, 0) is 51.4 Å². The van der Waals surface area contributed by atoms with E-state index in [0.29, 0.717) is 0 Å². The largest absolute Gasteiger partial charge is 0.306 e. The van der Waals surface area contributed by atoms with Crippen molar-refractivity contribution in [2.24, 2.45) is 0 Å².